The van der Waals surface area contributed by atoms with Crippen LogP contribution in [0, 0.1) is 0 Å². The van der Waals surface area contributed by atoms with Gasteiger partial charge >= 0.3 is 5.97 Å². The smallest absolute Gasteiger partial charge is 0.308 e. The van der Waals surface area contributed by atoms with E-state index in [1.807, 2.05) is 42.5 Å². The minimum Gasteiger partial charge on any atom is -0.493 e. The first-order chi connectivity index (χ1) is 13.6. The van der Waals surface area contributed by atoms with Crippen molar-refractivity contribution in [1.29, 1.82) is 0 Å². The third-order valence-electron chi connectivity index (χ3n) is 4.08. The summed E-state index contributed by atoms with van der Waals surface area (Å²) in [6.45, 7) is 1.32. The first-order valence-corrected chi connectivity index (χ1v) is 8.72. The summed E-state index contributed by atoms with van der Waals surface area (Å²) in [5.41, 5.74) is 4.17. The van der Waals surface area contributed by atoms with Gasteiger partial charge < -0.3 is 9.47 Å². The zero-order valence-corrected chi connectivity index (χ0v) is 15.6. The van der Waals surface area contributed by atoms with Gasteiger partial charge in [-0.2, -0.15) is 5.10 Å². The molecule has 1 N–H and O–H groups in total. The van der Waals surface area contributed by atoms with Crippen molar-refractivity contribution in [2.45, 2.75) is 13.3 Å². The lowest BCUT2D eigenvalue weighted by Gasteiger charge is -2.08. The van der Waals surface area contributed by atoms with Crippen molar-refractivity contribution >= 4 is 28.9 Å². The van der Waals surface area contributed by atoms with Gasteiger partial charge in [-0.15, -0.1) is 0 Å². The summed E-state index contributed by atoms with van der Waals surface area (Å²) in [7, 11) is 1.48. The second-order valence-electron chi connectivity index (χ2n) is 6.11. The topological polar surface area (TPSA) is 77.0 Å². The average molecular weight is 376 g/mol. The van der Waals surface area contributed by atoms with Gasteiger partial charge in [0, 0.05) is 6.92 Å². The van der Waals surface area contributed by atoms with Crippen LogP contribution < -0.4 is 14.9 Å². The van der Waals surface area contributed by atoms with Crippen molar-refractivity contribution in [2.24, 2.45) is 5.10 Å². The number of carbonyl (C=O) groups is 2. The number of hydrogen-bond acceptors (Lipinski definition) is 5. The van der Waals surface area contributed by atoms with Crippen molar-refractivity contribution in [3.8, 4) is 11.5 Å². The summed E-state index contributed by atoms with van der Waals surface area (Å²) in [6.07, 6.45) is 1.73. The maximum absolute atomic E-state index is 12.2. The molecule has 6 heteroatoms. The van der Waals surface area contributed by atoms with Gasteiger partial charge in [-0.1, -0.05) is 42.5 Å². The van der Waals surface area contributed by atoms with E-state index in [4.69, 9.17) is 9.47 Å². The molecule has 0 aliphatic heterocycles. The molecular formula is C22H20N2O4. The third kappa shape index (κ3) is 4.73. The van der Waals surface area contributed by atoms with Crippen molar-refractivity contribution in [2.75, 3.05) is 7.11 Å². The number of ether oxygens (including phenoxy) is 2. The molecule has 3 aromatic rings. The Morgan fingerprint density at radius 1 is 1.04 bits per heavy atom. The number of rotatable bonds is 6. The Balaban J connectivity index is 1.65. The highest BCUT2D eigenvalue weighted by atomic mass is 16.6. The van der Waals surface area contributed by atoms with E-state index in [1.54, 1.807) is 18.2 Å². The Kier molecular flexibility index (Phi) is 6.01. The summed E-state index contributed by atoms with van der Waals surface area (Å²) >= 11 is 0. The van der Waals surface area contributed by atoms with Crippen LogP contribution >= 0.6 is 0 Å². The Morgan fingerprint density at radius 2 is 1.82 bits per heavy atom. The number of carbonyl (C=O) groups excluding carboxylic acids is 2. The lowest BCUT2D eigenvalue weighted by atomic mass is 10.0. The van der Waals surface area contributed by atoms with Crippen LogP contribution in [0.5, 0.6) is 11.5 Å². The number of benzene rings is 3. The second-order valence-corrected chi connectivity index (χ2v) is 6.11. The standard InChI is InChI=1S/C22H20N2O4/c1-15(25)28-20-11-10-16(12-21(20)27-2)14-23-24-22(26)13-18-8-5-7-17-6-3-4-9-19(17)18/h3-12,14H,13H2,1-2H3,(H,24,26)/b23-14+. The predicted molar refractivity (Wildman–Crippen MR) is 108 cm³/mol. The molecule has 0 aliphatic rings. The number of amides is 1. The van der Waals surface area contributed by atoms with Gasteiger partial charge in [0.25, 0.3) is 0 Å². The van der Waals surface area contributed by atoms with Gasteiger partial charge in [-0.3, -0.25) is 9.59 Å². The molecule has 142 valence electrons. The molecule has 0 fully saturated rings. The molecule has 3 rings (SSSR count). The molecule has 3 aromatic carbocycles. The molecule has 0 aromatic heterocycles. The monoisotopic (exact) mass is 376 g/mol. The minimum absolute atomic E-state index is 0.212. The van der Waals surface area contributed by atoms with Gasteiger partial charge in [0.15, 0.2) is 11.5 Å². The van der Waals surface area contributed by atoms with E-state index in [1.165, 1.54) is 20.2 Å². The Labute approximate surface area is 162 Å². The van der Waals surface area contributed by atoms with E-state index in [0.29, 0.717) is 17.1 Å². The molecule has 28 heavy (non-hydrogen) atoms. The first kappa shape index (κ1) is 19.1. The van der Waals surface area contributed by atoms with Gasteiger partial charge in [-0.05, 0) is 40.1 Å². The lowest BCUT2D eigenvalue weighted by Crippen LogP contribution is -2.19. The minimum atomic E-state index is -0.430. The zero-order chi connectivity index (χ0) is 19.9. The molecule has 0 aliphatic carbocycles. The van der Waals surface area contributed by atoms with E-state index >= 15 is 0 Å². The molecule has 0 bridgehead atoms. The fourth-order valence-corrected chi connectivity index (χ4v) is 2.84. The summed E-state index contributed by atoms with van der Waals surface area (Å²) in [5, 5.41) is 6.14. The van der Waals surface area contributed by atoms with Crippen LogP contribution in [-0.2, 0) is 16.0 Å². The van der Waals surface area contributed by atoms with Crippen LogP contribution in [0.25, 0.3) is 10.8 Å². The highest BCUT2D eigenvalue weighted by Gasteiger charge is 2.08. The van der Waals surface area contributed by atoms with E-state index in [-0.39, 0.29) is 12.3 Å². The Hall–Kier alpha value is -3.67. The number of nitrogens with zero attached hydrogens (tertiary/aromatic N) is 1. The van der Waals surface area contributed by atoms with Crippen LogP contribution in [0.3, 0.4) is 0 Å². The summed E-state index contributed by atoms with van der Waals surface area (Å²) in [6, 6.07) is 18.8. The SMILES string of the molecule is COc1cc(/C=N/NC(=O)Cc2cccc3ccccc23)ccc1OC(C)=O. The first-order valence-electron chi connectivity index (χ1n) is 8.72. The molecule has 0 heterocycles. The average Bonchev–Trinajstić information content (AvgIpc) is 2.69. The quantitative estimate of drug-likeness (QED) is 0.309. The summed E-state index contributed by atoms with van der Waals surface area (Å²) in [4.78, 5) is 23.3. The number of nitrogens with one attached hydrogen (secondary N) is 1. The van der Waals surface area contributed by atoms with Crippen LogP contribution in [0.15, 0.2) is 65.8 Å². The largest absolute Gasteiger partial charge is 0.493 e. The predicted octanol–water partition coefficient (Wildman–Crippen LogP) is 3.47. The van der Waals surface area contributed by atoms with Crippen LogP contribution in [-0.4, -0.2) is 25.2 Å². The van der Waals surface area contributed by atoms with Gasteiger partial charge in [0.2, 0.25) is 5.91 Å². The third-order valence-corrected chi connectivity index (χ3v) is 4.08. The molecule has 6 nitrogen and oxygen atoms in total. The van der Waals surface area contributed by atoms with Crippen molar-refractivity contribution in [3.05, 3.63) is 71.8 Å². The van der Waals surface area contributed by atoms with E-state index in [9.17, 15) is 9.59 Å². The number of fused-ring (bicyclic) bond motifs is 1. The summed E-state index contributed by atoms with van der Waals surface area (Å²) in [5.74, 6) is 0.0879. The molecule has 0 radical (unpaired) electrons. The zero-order valence-electron chi connectivity index (χ0n) is 15.6. The Bertz CT molecular complexity index is 1040. The maximum atomic E-state index is 12.2. The van der Waals surface area contributed by atoms with Crippen LogP contribution in [0.2, 0.25) is 0 Å². The molecule has 1 amide bonds. The lowest BCUT2D eigenvalue weighted by molar-refractivity contribution is -0.132. The molecular weight excluding hydrogens is 356 g/mol. The number of esters is 1. The van der Waals surface area contributed by atoms with Gasteiger partial charge in [-0.25, -0.2) is 5.43 Å². The Morgan fingerprint density at radius 3 is 2.61 bits per heavy atom. The summed E-state index contributed by atoms with van der Waals surface area (Å²) < 4.78 is 10.3. The van der Waals surface area contributed by atoms with E-state index in [0.717, 1.165) is 16.3 Å². The fourth-order valence-electron chi connectivity index (χ4n) is 2.84. The van der Waals surface area contributed by atoms with Crippen molar-refractivity contribution in [1.82, 2.24) is 5.43 Å². The van der Waals surface area contributed by atoms with Gasteiger partial charge in [0.1, 0.15) is 0 Å². The van der Waals surface area contributed by atoms with Gasteiger partial charge in [0.05, 0.1) is 19.7 Å². The van der Waals surface area contributed by atoms with Crippen molar-refractivity contribution in [3.63, 3.8) is 0 Å². The second kappa shape index (κ2) is 8.81. The molecule has 0 spiro atoms. The van der Waals surface area contributed by atoms with Crippen molar-refractivity contribution < 1.29 is 19.1 Å². The molecule has 0 unspecified atom stereocenters. The molecule has 0 saturated carbocycles. The number of hydrogen-bond donors (Lipinski definition) is 1. The number of methoxy groups -OCH3 is 1. The molecule has 0 atom stereocenters. The highest BCUT2D eigenvalue weighted by Crippen LogP contribution is 2.27. The van der Waals surface area contributed by atoms with E-state index < -0.39 is 5.97 Å². The maximum Gasteiger partial charge on any atom is 0.308 e. The van der Waals surface area contributed by atoms with Crippen LogP contribution in [0.4, 0.5) is 0 Å². The number of hydrazone groups is 1. The highest BCUT2D eigenvalue weighted by molar-refractivity contribution is 5.90. The van der Waals surface area contributed by atoms with E-state index in [2.05, 4.69) is 10.5 Å². The van der Waals surface area contributed by atoms with Crippen LogP contribution in [0.1, 0.15) is 18.1 Å². The molecule has 0 saturated heterocycles. The normalized spacial score (nSPS) is 10.8. The fraction of sp³-hybridized carbons (Fsp3) is 0.136.